The Morgan fingerprint density at radius 3 is 2.66 bits per heavy atom. The Labute approximate surface area is 188 Å². The third-order valence-electron chi connectivity index (χ3n) is 5.95. The molecule has 160 valence electrons. The highest BCUT2D eigenvalue weighted by atomic mass is 19.1. The summed E-state index contributed by atoms with van der Waals surface area (Å²) in [6.45, 7) is 5.79. The van der Waals surface area contributed by atoms with Crippen LogP contribution in [0.25, 0.3) is 5.57 Å². The molecule has 0 aliphatic heterocycles. The molecule has 4 rings (SSSR count). The van der Waals surface area contributed by atoms with Crippen LogP contribution < -0.4 is 0 Å². The van der Waals surface area contributed by atoms with Crippen molar-refractivity contribution in [1.29, 1.82) is 0 Å². The molecular formula is C28H26FN3. The van der Waals surface area contributed by atoms with Crippen LogP contribution in [0.15, 0.2) is 89.0 Å². The molecule has 0 fully saturated rings. The van der Waals surface area contributed by atoms with Crippen LogP contribution in [-0.4, -0.2) is 25.0 Å². The van der Waals surface area contributed by atoms with Crippen molar-refractivity contribution in [3.8, 4) is 0 Å². The van der Waals surface area contributed by atoms with Gasteiger partial charge in [-0.15, -0.1) is 0 Å². The van der Waals surface area contributed by atoms with Crippen LogP contribution in [0.5, 0.6) is 0 Å². The molecule has 0 saturated heterocycles. The van der Waals surface area contributed by atoms with Crippen molar-refractivity contribution in [2.24, 2.45) is 15.9 Å². The fourth-order valence-electron chi connectivity index (χ4n) is 4.22. The zero-order valence-corrected chi connectivity index (χ0v) is 18.4. The molecular weight excluding hydrogens is 397 g/mol. The zero-order chi connectivity index (χ0) is 22.5. The maximum absolute atomic E-state index is 15.2. The van der Waals surface area contributed by atoms with Gasteiger partial charge in [0.25, 0.3) is 0 Å². The molecule has 0 amide bonds. The Morgan fingerprint density at radius 1 is 1.16 bits per heavy atom. The maximum Gasteiger partial charge on any atom is 0.132 e. The number of nitrogens with zero attached hydrogens (tertiary/aromatic N) is 3. The van der Waals surface area contributed by atoms with Crippen molar-refractivity contribution < 1.29 is 4.39 Å². The van der Waals surface area contributed by atoms with Gasteiger partial charge >= 0.3 is 0 Å². The predicted molar refractivity (Wildman–Crippen MR) is 132 cm³/mol. The van der Waals surface area contributed by atoms with Crippen molar-refractivity contribution in [2.75, 3.05) is 7.05 Å². The van der Waals surface area contributed by atoms with Crippen LogP contribution in [0.2, 0.25) is 0 Å². The molecule has 2 atom stereocenters. The first kappa shape index (κ1) is 21.6. The second-order valence-corrected chi connectivity index (χ2v) is 7.96. The summed E-state index contributed by atoms with van der Waals surface area (Å²) in [6.07, 6.45) is 10.5. The highest BCUT2D eigenvalue weighted by Crippen LogP contribution is 2.39. The molecule has 0 saturated carbocycles. The van der Waals surface area contributed by atoms with Crippen LogP contribution in [0, 0.1) is 11.7 Å². The fourth-order valence-corrected chi connectivity index (χ4v) is 4.22. The SMILES string of the molecule is C=Nc1cc(F)c(C2=CC=CC2Cc2ccccn2)cc1C(C)c1ccc(C=NC)cc1. The van der Waals surface area contributed by atoms with Gasteiger partial charge < -0.3 is 0 Å². The second-order valence-electron chi connectivity index (χ2n) is 7.96. The Bertz CT molecular complexity index is 1190. The molecule has 0 N–H and O–H groups in total. The molecule has 0 radical (unpaired) electrons. The van der Waals surface area contributed by atoms with Crippen molar-refractivity contribution in [2.45, 2.75) is 19.3 Å². The summed E-state index contributed by atoms with van der Waals surface area (Å²) in [5.41, 5.74) is 6.27. The lowest BCUT2D eigenvalue weighted by molar-refractivity contribution is 0.620. The lowest BCUT2D eigenvalue weighted by Gasteiger charge is -2.20. The van der Waals surface area contributed by atoms with Gasteiger partial charge in [0.05, 0.1) is 5.69 Å². The van der Waals surface area contributed by atoms with E-state index in [1.54, 1.807) is 13.2 Å². The smallest absolute Gasteiger partial charge is 0.132 e. The molecule has 1 aliphatic rings. The number of halogens is 1. The van der Waals surface area contributed by atoms with Crippen LogP contribution in [0.1, 0.15) is 40.8 Å². The molecule has 32 heavy (non-hydrogen) atoms. The number of benzene rings is 2. The first-order valence-corrected chi connectivity index (χ1v) is 10.7. The van der Waals surface area contributed by atoms with E-state index < -0.39 is 0 Å². The van der Waals surface area contributed by atoms with E-state index in [0.717, 1.165) is 34.4 Å². The Hall–Kier alpha value is -3.66. The van der Waals surface area contributed by atoms with Gasteiger partial charge in [0.2, 0.25) is 0 Å². The van der Waals surface area contributed by atoms with E-state index in [-0.39, 0.29) is 17.7 Å². The molecule has 2 aromatic carbocycles. The van der Waals surface area contributed by atoms with E-state index in [1.165, 1.54) is 6.07 Å². The summed E-state index contributed by atoms with van der Waals surface area (Å²) in [5, 5.41) is 0. The maximum atomic E-state index is 15.2. The van der Waals surface area contributed by atoms with E-state index in [9.17, 15) is 0 Å². The molecule has 0 spiro atoms. The minimum Gasteiger partial charge on any atom is -0.296 e. The third kappa shape index (κ3) is 4.50. The van der Waals surface area contributed by atoms with Gasteiger partial charge in [-0.1, -0.05) is 55.5 Å². The molecule has 0 bridgehead atoms. The van der Waals surface area contributed by atoms with Gasteiger partial charge in [0.1, 0.15) is 5.82 Å². The van der Waals surface area contributed by atoms with E-state index in [2.05, 4.69) is 46.8 Å². The van der Waals surface area contributed by atoms with Gasteiger partial charge in [-0.3, -0.25) is 15.0 Å². The summed E-state index contributed by atoms with van der Waals surface area (Å²) in [7, 11) is 1.76. The highest BCUT2D eigenvalue weighted by Gasteiger charge is 2.23. The molecule has 1 aliphatic carbocycles. The van der Waals surface area contributed by atoms with Crippen LogP contribution >= 0.6 is 0 Å². The lowest BCUT2D eigenvalue weighted by atomic mass is 9.86. The van der Waals surface area contributed by atoms with Crippen molar-refractivity contribution >= 4 is 24.2 Å². The first-order valence-electron chi connectivity index (χ1n) is 10.7. The number of rotatable bonds is 7. The minimum absolute atomic E-state index is 0.0340. The topological polar surface area (TPSA) is 37.6 Å². The third-order valence-corrected chi connectivity index (χ3v) is 5.95. The standard InChI is InChI=1S/C28H26FN3/c1-19(21-12-10-20(11-13-21)18-30-2)25-16-26(27(29)17-28(25)31-3)24-9-6-7-22(24)15-23-8-4-5-14-32-23/h4-14,16-19,22H,3,15H2,1-2H3. The van der Waals surface area contributed by atoms with Crippen molar-refractivity contribution in [3.63, 3.8) is 0 Å². The molecule has 4 heteroatoms. The molecule has 1 aromatic heterocycles. The van der Waals surface area contributed by atoms with E-state index in [1.807, 2.05) is 54.8 Å². The second kappa shape index (κ2) is 9.65. The Morgan fingerprint density at radius 2 is 1.97 bits per heavy atom. The Kier molecular flexibility index (Phi) is 6.50. The van der Waals surface area contributed by atoms with Gasteiger partial charge in [-0.25, -0.2) is 4.39 Å². The minimum atomic E-state index is -0.279. The van der Waals surface area contributed by atoms with Gasteiger partial charge in [-0.2, -0.15) is 0 Å². The average Bonchev–Trinajstić information content (AvgIpc) is 3.27. The van der Waals surface area contributed by atoms with E-state index in [0.29, 0.717) is 11.3 Å². The van der Waals surface area contributed by atoms with Crippen LogP contribution in [0.4, 0.5) is 10.1 Å². The molecule has 2 unspecified atom stereocenters. The number of pyridine rings is 1. The van der Waals surface area contributed by atoms with Crippen molar-refractivity contribution in [3.05, 3.63) is 113 Å². The summed E-state index contributed by atoms with van der Waals surface area (Å²) in [5.74, 6) is -0.164. The number of aromatic nitrogens is 1. The summed E-state index contributed by atoms with van der Waals surface area (Å²) >= 11 is 0. The number of aliphatic imine (C=N–C) groups is 2. The van der Waals surface area contributed by atoms with Gasteiger partial charge in [0, 0.05) is 55.0 Å². The number of allylic oxidation sites excluding steroid dienone is 4. The Balaban J connectivity index is 1.68. The lowest BCUT2D eigenvalue weighted by Crippen LogP contribution is -2.07. The number of hydrogen-bond acceptors (Lipinski definition) is 3. The molecule has 3 nitrogen and oxygen atoms in total. The molecule has 1 heterocycles. The molecule has 3 aromatic rings. The summed E-state index contributed by atoms with van der Waals surface area (Å²) in [6, 6.07) is 17.6. The quantitative estimate of drug-likeness (QED) is 0.396. The van der Waals surface area contributed by atoms with Crippen LogP contribution in [0.3, 0.4) is 0 Å². The predicted octanol–water partition coefficient (Wildman–Crippen LogP) is 6.57. The first-order chi connectivity index (χ1) is 15.6. The van der Waals surface area contributed by atoms with E-state index >= 15 is 4.39 Å². The monoisotopic (exact) mass is 423 g/mol. The normalized spacial score (nSPS) is 16.3. The fraction of sp³-hybridized carbons (Fsp3) is 0.179. The summed E-state index contributed by atoms with van der Waals surface area (Å²) in [4.78, 5) is 12.6. The van der Waals surface area contributed by atoms with Gasteiger partial charge in [0.15, 0.2) is 0 Å². The zero-order valence-electron chi connectivity index (χ0n) is 18.4. The summed E-state index contributed by atoms with van der Waals surface area (Å²) < 4.78 is 15.2. The number of hydrogen-bond donors (Lipinski definition) is 0. The van der Waals surface area contributed by atoms with Gasteiger partial charge in [-0.05, 0) is 47.2 Å². The average molecular weight is 424 g/mol. The largest absolute Gasteiger partial charge is 0.296 e. The van der Waals surface area contributed by atoms with E-state index in [4.69, 9.17) is 0 Å². The van der Waals surface area contributed by atoms with Crippen molar-refractivity contribution in [1.82, 2.24) is 4.98 Å². The highest BCUT2D eigenvalue weighted by molar-refractivity contribution is 5.79. The van der Waals surface area contributed by atoms with Crippen LogP contribution in [-0.2, 0) is 6.42 Å².